The smallest absolute Gasteiger partial charge is 0.242 e. The van der Waals surface area contributed by atoms with E-state index < -0.39 is 0 Å². The summed E-state index contributed by atoms with van der Waals surface area (Å²) in [4.78, 5) is 13.6. The van der Waals surface area contributed by atoms with Crippen LogP contribution in [0.3, 0.4) is 0 Å². The summed E-state index contributed by atoms with van der Waals surface area (Å²) in [5.74, 6) is 0.446. The van der Waals surface area contributed by atoms with Crippen molar-refractivity contribution in [3.05, 3.63) is 75.7 Å². The predicted octanol–water partition coefficient (Wildman–Crippen LogP) is 4.28. The molecule has 2 aromatic heterocycles. The molecule has 0 spiro atoms. The number of nitrogens with one attached hydrogen (secondary N) is 1. The molecular formula is C20H23N3OS. The fourth-order valence-electron chi connectivity index (χ4n) is 2.75. The summed E-state index contributed by atoms with van der Waals surface area (Å²) < 4.78 is 1.66. The van der Waals surface area contributed by atoms with Crippen molar-refractivity contribution in [2.75, 3.05) is 0 Å². The first-order chi connectivity index (χ1) is 12.0. The van der Waals surface area contributed by atoms with Crippen molar-refractivity contribution >= 4 is 17.2 Å². The maximum atomic E-state index is 12.5. The Hall–Kier alpha value is -2.40. The number of thiophene rings is 1. The Balaban J connectivity index is 1.79. The molecule has 0 fully saturated rings. The zero-order valence-electron chi connectivity index (χ0n) is 14.8. The van der Waals surface area contributed by atoms with Crippen LogP contribution in [0.15, 0.2) is 54.2 Å². The van der Waals surface area contributed by atoms with Crippen LogP contribution in [0.4, 0.5) is 0 Å². The van der Waals surface area contributed by atoms with Gasteiger partial charge in [-0.1, -0.05) is 44.2 Å². The van der Waals surface area contributed by atoms with E-state index in [0.717, 1.165) is 16.0 Å². The molecule has 1 unspecified atom stereocenters. The summed E-state index contributed by atoms with van der Waals surface area (Å²) in [6, 6.07) is 12.4. The summed E-state index contributed by atoms with van der Waals surface area (Å²) in [5, 5.41) is 9.38. The number of aryl methyl sites for hydroxylation is 1. The molecule has 0 aliphatic rings. The van der Waals surface area contributed by atoms with Crippen molar-refractivity contribution in [2.24, 2.45) is 0 Å². The van der Waals surface area contributed by atoms with E-state index in [2.05, 4.69) is 54.6 Å². The first-order valence-corrected chi connectivity index (χ1v) is 9.32. The van der Waals surface area contributed by atoms with Crippen molar-refractivity contribution < 1.29 is 4.79 Å². The van der Waals surface area contributed by atoms with Crippen LogP contribution in [0.5, 0.6) is 0 Å². The van der Waals surface area contributed by atoms with E-state index in [1.807, 2.05) is 24.6 Å². The van der Waals surface area contributed by atoms with Gasteiger partial charge in [0.2, 0.25) is 5.91 Å². The highest BCUT2D eigenvalue weighted by Crippen LogP contribution is 2.27. The molecule has 0 radical (unpaired) electrons. The molecule has 0 saturated carbocycles. The predicted molar refractivity (Wildman–Crippen MR) is 102 cm³/mol. The lowest BCUT2D eigenvalue weighted by Crippen LogP contribution is -2.32. The topological polar surface area (TPSA) is 46.9 Å². The Morgan fingerprint density at radius 3 is 2.48 bits per heavy atom. The van der Waals surface area contributed by atoms with Crippen LogP contribution in [-0.2, 0) is 11.3 Å². The summed E-state index contributed by atoms with van der Waals surface area (Å²) in [7, 11) is 0. The van der Waals surface area contributed by atoms with Crippen LogP contribution in [0.2, 0.25) is 0 Å². The average molecular weight is 353 g/mol. The zero-order valence-corrected chi connectivity index (χ0v) is 15.6. The third-order valence-corrected chi connectivity index (χ3v) is 5.07. The Labute approximate surface area is 152 Å². The van der Waals surface area contributed by atoms with E-state index in [1.54, 1.807) is 22.2 Å². The number of nitrogens with zero attached hydrogens (tertiary/aromatic N) is 2. The van der Waals surface area contributed by atoms with Gasteiger partial charge in [0.1, 0.15) is 6.54 Å². The third-order valence-electron chi connectivity index (χ3n) is 4.14. The number of carbonyl (C=O) groups excluding carboxylic acids is 1. The second-order valence-corrected chi connectivity index (χ2v) is 7.53. The number of hydrogen-bond donors (Lipinski definition) is 1. The van der Waals surface area contributed by atoms with E-state index in [0.29, 0.717) is 5.92 Å². The fourth-order valence-corrected chi connectivity index (χ4v) is 3.56. The number of carbonyl (C=O) groups is 1. The molecule has 3 rings (SSSR count). The van der Waals surface area contributed by atoms with Gasteiger partial charge >= 0.3 is 0 Å². The van der Waals surface area contributed by atoms with Crippen LogP contribution in [0.25, 0.3) is 0 Å². The molecule has 1 atom stereocenters. The highest BCUT2D eigenvalue weighted by Gasteiger charge is 2.18. The van der Waals surface area contributed by atoms with Gasteiger partial charge in [-0.05, 0) is 41.0 Å². The Bertz CT molecular complexity index is 819. The lowest BCUT2D eigenvalue weighted by Gasteiger charge is -2.19. The molecule has 0 aliphatic heterocycles. The standard InChI is InChI=1S/C20H23N3OS/c1-14(2)16-6-8-17(9-7-16)20(18-5-4-10-25-18)22-19(24)13-23-12-15(3)11-21-23/h4-12,14,20H,13H2,1-3H3,(H,22,24). The first kappa shape index (κ1) is 17.4. The van der Waals surface area contributed by atoms with Crippen LogP contribution >= 0.6 is 11.3 Å². The molecule has 0 bridgehead atoms. The van der Waals surface area contributed by atoms with Crippen molar-refractivity contribution in [1.29, 1.82) is 0 Å². The van der Waals surface area contributed by atoms with Gasteiger partial charge in [0.25, 0.3) is 0 Å². The fraction of sp³-hybridized carbons (Fsp3) is 0.300. The second kappa shape index (κ2) is 7.66. The third kappa shape index (κ3) is 4.37. The highest BCUT2D eigenvalue weighted by atomic mass is 32.1. The van der Waals surface area contributed by atoms with E-state index in [4.69, 9.17) is 0 Å². The summed E-state index contributed by atoms with van der Waals surface area (Å²) in [6.07, 6.45) is 3.63. The SMILES string of the molecule is Cc1cnn(CC(=O)NC(c2ccc(C(C)C)cc2)c2cccs2)c1. The van der Waals surface area contributed by atoms with Gasteiger partial charge in [-0.25, -0.2) is 0 Å². The summed E-state index contributed by atoms with van der Waals surface area (Å²) >= 11 is 1.65. The largest absolute Gasteiger partial charge is 0.343 e. The van der Waals surface area contributed by atoms with Gasteiger partial charge in [0, 0.05) is 11.1 Å². The van der Waals surface area contributed by atoms with Gasteiger partial charge in [-0.15, -0.1) is 11.3 Å². The van der Waals surface area contributed by atoms with Crippen LogP contribution in [-0.4, -0.2) is 15.7 Å². The lowest BCUT2D eigenvalue weighted by atomic mass is 9.98. The van der Waals surface area contributed by atoms with Gasteiger partial charge in [-0.2, -0.15) is 5.10 Å². The lowest BCUT2D eigenvalue weighted by molar-refractivity contribution is -0.122. The molecule has 1 amide bonds. The van der Waals surface area contributed by atoms with Gasteiger partial charge in [0.15, 0.2) is 0 Å². The van der Waals surface area contributed by atoms with Crippen LogP contribution in [0, 0.1) is 6.92 Å². The van der Waals surface area contributed by atoms with E-state index in [1.165, 1.54) is 5.56 Å². The number of rotatable bonds is 6. The highest BCUT2D eigenvalue weighted by molar-refractivity contribution is 7.10. The number of amides is 1. The first-order valence-electron chi connectivity index (χ1n) is 8.44. The number of benzene rings is 1. The van der Waals surface area contributed by atoms with Crippen molar-refractivity contribution in [3.8, 4) is 0 Å². The minimum atomic E-state index is -0.134. The van der Waals surface area contributed by atoms with Gasteiger partial charge in [0.05, 0.1) is 12.2 Å². The molecule has 25 heavy (non-hydrogen) atoms. The van der Waals surface area contributed by atoms with Gasteiger partial charge < -0.3 is 5.32 Å². The molecule has 1 N–H and O–H groups in total. The van der Waals surface area contributed by atoms with Crippen molar-refractivity contribution in [1.82, 2.24) is 15.1 Å². The Morgan fingerprint density at radius 2 is 1.92 bits per heavy atom. The molecule has 4 nitrogen and oxygen atoms in total. The molecule has 0 aliphatic carbocycles. The minimum absolute atomic E-state index is 0.0468. The van der Waals surface area contributed by atoms with E-state index in [-0.39, 0.29) is 18.5 Å². The van der Waals surface area contributed by atoms with Crippen LogP contribution in [0.1, 0.15) is 47.4 Å². The molecule has 0 saturated heterocycles. The monoisotopic (exact) mass is 353 g/mol. The average Bonchev–Trinajstić information content (AvgIpc) is 3.25. The molecular weight excluding hydrogens is 330 g/mol. The van der Waals surface area contributed by atoms with E-state index >= 15 is 0 Å². The molecule has 130 valence electrons. The molecule has 2 heterocycles. The van der Waals surface area contributed by atoms with Gasteiger partial charge in [-0.3, -0.25) is 9.48 Å². The quantitative estimate of drug-likeness (QED) is 0.719. The second-order valence-electron chi connectivity index (χ2n) is 6.55. The zero-order chi connectivity index (χ0) is 17.8. The van der Waals surface area contributed by atoms with Crippen LogP contribution < -0.4 is 5.32 Å². The van der Waals surface area contributed by atoms with E-state index in [9.17, 15) is 4.79 Å². The Morgan fingerprint density at radius 1 is 1.20 bits per heavy atom. The molecule has 3 aromatic rings. The maximum absolute atomic E-state index is 12.5. The van der Waals surface area contributed by atoms with Crippen molar-refractivity contribution in [3.63, 3.8) is 0 Å². The normalized spacial score (nSPS) is 12.3. The number of aromatic nitrogens is 2. The molecule has 1 aromatic carbocycles. The Kier molecular flexibility index (Phi) is 5.34. The number of hydrogen-bond acceptors (Lipinski definition) is 3. The summed E-state index contributed by atoms with van der Waals surface area (Å²) in [5.41, 5.74) is 3.44. The van der Waals surface area contributed by atoms with Crippen molar-refractivity contribution in [2.45, 2.75) is 39.3 Å². The summed E-state index contributed by atoms with van der Waals surface area (Å²) in [6.45, 7) is 6.55. The maximum Gasteiger partial charge on any atom is 0.242 e. The minimum Gasteiger partial charge on any atom is -0.343 e. The molecule has 5 heteroatoms.